The fraction of sp³-hybridized carbons (Fsp3) is 0.480. The third-order valence-electron chi connectivity index (χ3n) is 6.80. The molecule has 2 N–H and O–H groups in total. The lowest BCUT2D eigenvalue weighted by molar-refractivity contribution is 0.0708. The van der Waals surface area contributed by atoms with Crippen LogP contribution < -0.4 is 10.5 Å². The molecule has 5 rings (SSSR count). The van der Waals surface area contributed by atoms with Gasteiger partial charge in [-0.1, -0.05) is 0 Å². The summed E-state index contributed by atoms with van der Waals surface area (Å²) in [6.07, 6.45) is 4.26. The van der Waals surface area contributed by atoms with Gasteiger partial charge in [0.25, 0.3) is 5.91 Å². The number of fused-ring (bicyclic) bond motifs is 1. The summed E-state index contributed by atoms with van der Waals surface area (Å²) in [6.45, 7) is 4.87. The first-order valence-electron chi connectivity index (χ1n) is 11.8. The lowest BCUT2D eigenvalue weighted by atomic mass is 10.0. The zero-order chi connectivity index (χ0) is 23.1. The molecule has 1 aromatic carbocycles. The number of aromatic nitrogens is 3. The Hall–Kier alpha value is -3.31. The highest BCUT2D eigenvalue weighted by Gasteiger charge is 2.28. The summed E-state index contributed by atoms with van der Waals surface area (Å²) in [5.74, 6) is 2.00. The van der Waals surface area contributed by atoms with Crippen molar-refractivity contribution in [2.75, 3.05) is 20.2 Å². The Morgan fingerprint density at radius 2 is 2.09 bits per heavy atom. The van der Waals surface area contributed by atoms with Crippen molar-refractivity contribution >= 4 is 16.9 Å². The lowest BCUT2D eigenvalue weighted by Crippen LogP contribution is -2.45. The Morgan fingerprint density at radius 1 is 1.27 bits per heavy atom. The highest BCUT2D eigenvalue weighted by molar-refractivity contribution is 6.00. The van der Waals surface area contributed by atoms with Crippen LogP contribution in [0, 0.1) is 17.2 Å². The largest absolute Gasteiger partial charge is 0.494 e. The van der Waals surface area contributed by atoms with Gasteiger partial charge in [-0.3, -0.25) is 4.79 Å². The molecule has 3 aromatic rings. The number of amides is 1. The fourth-order valence-electron chi connectivity index (χ4n) is 4.91. The van der Waals surface area contributed by atoms with Crippen LogP contribution in [0.2, 0.25) is 0 Å². The predicted octanol–water partition coefficient (Wildman–Crippen LogP) is 3.38. The van der Waals surface area contributed by atoms with E-state index in [2.05, 4.69) is 22.1 Å². The van der Waals surface area contributed by atoms with E-state index in [1.165, 1.54) is 12.8 Å². The van der Waals surface area contributed by atoms with E-state index in [4.69, 9.17) is 15.5 Å². The molecule has 0 bridgehead atoms. The van der Waals surface area contributed by atoms with Crippen LogP contribution in [-0.4, -0.2) is 51.2 Å². The van der Waals surface area contributed by atoms with Crippen LogP contribution >= 0.6 is 0 Å². The van der Waals surface area contributed by atoms with Gasteiger partial charge in [0, 0.05) is 37.8 Å². The molecular weight excluding hydrogens is 416 g/mol. The van der Waals surface area contributed by atoms with Gasteiger partial charge in [0.15, 0.2) is 5.82 Å². The van der Waals surface area contributed by atoms with E-state index in [-0.39, 0.29) is 11.9 Å². The van der Waals surface area contributed by atoms with Crippen molar-refractivity contribution in [1.82, 2.24) is 19.0 Å². The van der Waals surface area contributed by atoms with Gasteiger partial charge in [0.1, 0.15) is 23.0 Å². The molecule has 0 spiro atoms. The molecule has 0 unspecified atom stereocenters. The average molecular weight is 447 g/mol. The van der Waals surface area contributed by atoms with Crippen LogP contribution in [0.1, 0.15) is 48.7 Å². The van der Waals surface area contributed by atoms with Crippen LogP contribution in [0.5, 0.6) is 5.75 Å². The number of aryl methyl sites for hydroxylation is 1. The van der Waals surface area contributed by atoms with Gasteiger partial charge in [0.05, 0.1) is 18.3 Å². The van der Waals surface area contributed by atoms with Crippen molar-refractivity contribution in [1.29, 1.82) is 5.26 Å². The molecule has 0 radical (unpaired) electrons. The second kappa shape index (κ2) is 8.56. The highest BCUT2D eigenvalue weighted by atomic mass is 16.5. The van der Waals surface area contributed by atoms with E-state index < -0.39 is 0 Å². The third kappa shape index (κ3) is 3.87. The van der Waals surface area contributed by atoms with E-state index in [1.54, 1.807) is 7.11 Å². The highest BCUT2D eigenvalue weighted by Crippen LogP contribution is 2.36. The fourth-order valence-corrected chi connectivity index (χ4v) is 4.91. The Kier molecular flexibility index (Phi) is 5.59. The number of methoxy groups -OCH3 is 1. The molecule has 1 amide bonds. The van der Waals surface area contributed by atoms with Gasteiger partial charge < -0.3 is 24.5 Å². The number of rotatable bonds is 6. The average Bonchev–Trinajstić information content (AvgIpc) is 3.44. The van der Waals surface area contributed by atoms with E-state index in [9.17, 15) is 10.1 Å². The van der Waals surface area contributed by atoms with E-state index in [1.807, 2.05) is 29.2 Å². The van der Waals surface area contributed by atoms with Gasteiger partial charge >= 0.3 is 0 Å². The molecule has 3 heterocycles. The van der Waals surface area contributed by atoms with E-state index in [0.717, 1.165) is 36.4 Å². The van der Waals surface area contributed by atoms with Crippen molar-refractivity contribution in [2.45, 2.75) is 51.7 Å². The molecule has 1 saturated heterocycles. The number of likely N-dealkylation sites (tertiary alicyclic amines) is 1. The second-order valence-corrected chi connectivity index (χ2v) is 9.15. The van der Waals surface area contributed by atoms with Gasteiger partial charge in [-0.25, -0.2) is 4.98 Å². The monoisotopic (exact) mass is 446 g/mol. The van der Waals surface area contributed by atoms with Crippen LogP contribution in [-0.2, 0) is 13.1 Å². The molecule has 1 atom stereocenters. The van der Waals surface area contributed by atoms with Crippen LogP contribution in [0.4, 0.5) is 0 Å². The minimum absolute atomic E-state index is 0.0211. The zero-order valence-corrected chi connectivity index (χ0v) is 19.3. The molecule has 1 aliphatic carbocycles. The van der Waals surface area contributed by atoms with E-state index >= 15 is 0 Å². The van der Waals surface area contributed by atoms with Crippen molar-refractivity contribution in [3.05, 3.63) is 35.5 Å². The molecule has 33 heavy (non-hydrogen) atoms. The maximum absolute atomic E-state index is 13.3. The topological polar surface area (TPSA) is 102 Å². The third-order valence-corrected chi connectivity index (χ3v) is 6.80. The minimum atomic E-state index is -0.0400. The summed E-state index contributed by atoms with van der Waals surface area (Å²) in [6, 6.07) is 9.85. The number of hydrogen-bond acceptors (Lipinski definition) is 5. The standard InChI is InChI=1S/C25H30N6O2/c1-3-30-23-20(28-24(30)21-9-8-19(13-26)31(21)14-16-6-7-16)11-17(12-22(23)33-2)25(32)29-10-4-5-18(27)15-29/h8-9,11-12,16,18H,3-7,10,14-15,27H2,1-2H3/t18-/m1/s1. The van der Waals surface area contributed by atoms with Crippen molar-refractivity contribution in [3.63, 3.8) is 0 Å². The number of carbonyl (C=O) groups is 1. The summed E-state index contributed by atoms with van der Waals surface area (Å²) >= 11 is 0. The number of nitriles is 1. The van der Waals surface area contributed by atoms with Crippen molar-refractivity contribution in [2.24, 2.45) is 11.7 Å². The molecule has 8 nitrogen and oxygen atoms in total. The minimum Gasteiger partial charge on any atom is -0.494 e. The number of piperidine rings is 1. The number of nitrogens with zero attached hydrogens (tertiary/aromatic N) is 5. The van der Waals surface area contributed by atoms with E-state index in [0.29, 0.717) is 48.1 Å². The quantitative estimate of drug-likeness (QED) is 0.625. The maximum Gasteiger partial charge on any atom is 0.254 e. The van der Waals surface area contributed by atoms with Gasteiger partial charge in [0.2, 0.25) is 0 Å². The zero-order valence-electron chi connectivity index (χ0n) is 19.3. The van der Waals surface area contributed by atoms with Crippen LogP contribution in [0.15, 0.2) is 24.3 Å². The number of imidazole rings is 1. The SMILES string of the molecule is CCn1c(-c2ccc(C#N)n2CC2CC2)nc2cc(C(=O)N3CCC[C@@H](N)C3)cc(OC)c21. The maximum atomic E-state index is 13.3. The molecule has 172 valence electrons. The smallest absolute Gasteiger partial charge is 0.254 e. The summed E-state index contributed by atoms with van der Waals surface area (Å²) < 4.78 is 9.93. The Balaban J connectivity index is 1.61. The normalized spacial score (nSPS) is 18.5. The number of nitrogens with two attached hydrogens (primary N) is 1. The summed E-state index contributed by atoms with van der Waals surface area (Å²) in [7, 11) is 1.62. The van der Waals surface area contributed by atoms with Crippen LogP contribution in [0.3, 0.4) is 0 Å². The molecule has 1 aliphatic heterocycles. The first-order chi connectivity index (χ1) is 16.0. The van der Waals surface area contributed by atoms with Crippen molar-refractivity contribution in [3.8, 4) is 23.3 Å². The predicted molar refractivity (Wildman–Crippen MR) is 126 cm³/mol. The molecular formula is C25H30N6O2. The number of hydrogen-bond donors (Lipinski definition) is 1. The van der Waals surface area contributed by atoms with Gasteiger partial charge in [-0.05, 0) is 62.8 Å². The Morgan fingerprint density at radius 3 is 2.76 bits per heavy atom. The first-order valence-corrected chi connectivity index (χ1v) is 11.8. The second-order valence-electron chi connectivity index (χ2n) is 9.15. The summed E-state index contributed by atoms with van der Waals surface area (Å²) in [5, 5.41) is 9.63. The summed E-state index contributed by atoms with van der Waals surface area (Å²) in [4.78, 5) is 20.0. The first kappa shape index (κ1) is 21.5. The molecule has 2 fully saturated rings. The molecule has 2 aromatic heterocycles. The Labute approximate surface area is 193 Å². The summed E-state index contributed by atoms with van der Waals surface area (Å²) in [5.41, 5.74) is 9.81. The molecule has 2 aliphatic rings. The molecule has 1 saturated carbocycles. The Bertz CT molecular complexity index is 1250. The van der Waals surface area contributed by atoms with Gasteiger partial charge in [-0.2, -0.15) is 5.26 Å². The number of ether oxygens (including phenoxy) is 1. The number of carbonyl (C=O) groups excluding carboxylic acids is 1. The number of benzene rings is 1. The van der Waals surface area contributed by atoms with Gasteiger partial charge in [-0.15, -0.1) is 0 Å². The van der Waals surface area contributed by atoms with Crippen molar-refractivity contribution < 1.29 is 9.53 Å². The lowest BCUT2D eigenvalue weighted by Gasteiger charge is -2.30. The van der Waals surface area contributed by atoms with Crippen LogP contribution in [0.25, 0.3) is 22.6 Å². The molecule has 8 heteroatoms.